The fourth-order valence-corrected chi connectivity index (χ4v) is 4.39. The predicted octanol–water partition coefficient (Wildman–Crippen LogP) is 4.10. The van der Waals surface area contributed by atoms with Crippen LogP contribution in [-0.4, -0.2) is 51.6 Å². The molecule has 4 aromatic rings. The third kappa shape index (κ3) is 6.17. The number of rotatable bonds is 10. The summed E-state index contributed by atoms with van der Waals surface area (Å²) in [5.74, 6) is 1.44. The molecule has 1 N–H and O–H groups in total. The van der Waals surface area contributed by atoms with Crippen molar-refractivity contribution < 1.29 is 14.3 Å². The number of nitrogens with zero attached hydrogens (tertiary/aromatic N) is 5. The van der Waals surface area contributed by atoms with Gasteiger partial charge in [0.25, 0.3) is 5.91 Å². The maximum absolute atomic E-state index is 13.1. The molecular weight excluding hydrogens is 532 g/mol. The van der Waals surface area contributed by atoms with Crippen LogP contribution in [0.15, 0.2) is 70.6 Å². The van der Waals surface area contributed by atoms with Gasteiger partial charge in [0.05, 0.1) is 25.6 Å². The zero-order chi connectivity index (χ0) is 24.6. The summed E-state index contributed by atoms with van der Waals surface area (Å²) in [4.78, 5) is 21.6. The standard InChI is InChI=1S/C24H23BrN6O3S/c1-33-20-9-4-16(14-21(20)34-2)10-13-26-23(32)22-19(15-35-24-27-11-3-12-28-24)31(30-29-22)18-7-5-17(25)6-8-18/h3-9,11-12,14H,10,13,15H2,1-2H3,(H,26,32). The van der Waals surface area contributed by atoms with Crippen LogP contribution in [0.2, 0.25) is 0 Å². The summed E-state index contributed by atoms with van der Waals surface area (Å²) < 4.78 is 13.3. The predicted molar refractivity (Wildman–Crippen MR) is 136 cm³/mol. The van der Waals surface area contributed by atoms with Crippen molar-refractivity contribution in [3.05, 3.63) is 82.3 Å². The second-order valence-electron chi connectivity index (χ2n) is 7.29. The van der Waals surface area contributed by atoms with Crippen molar-refractivity contribution in [3.63, 3.8) is 0 Å². The van der Waals surface area contributed by atoms with E-state index in [2.05, 4.69) is 41.5 Å². The van der Waals surface area contributed by atoms with Crippen molar-refractivity contribution in [2.24, 2.45) is 0 Å². The Kier molecular flexibility index (Phi) is 8.32. The van der Waals surface area contributed by atoms with E-state index in [1.165, 1.54) is 11.8 Å². The molecule has 0 aliphatic carbocycles. The molecular formula is C24H23BrN6O3S. The van der Waals surface area contributed by atoms with E-state index < -0.39 is 0 Å². The van der Waals surface area contributed by atoms with Crippen molar-refractivity contribution in [1.82, 2.24) is 30.3 Å². The largest absolute Gasteiger partial charge is 0.493 e. The lowest BCUT2D eigenvalue weighted by Crippen LogP contribution is -2.27. The molecule has 2 heterocycles. The Bertz CT molecular complexity index is 1280. The van der Waals surface area contributed by atoms with Crippen LogP contribution in [0, 0.1) is 0 Å². The average molecular weight is 555 g/mol. The summed E-state index contributed by atoms with van der Waals surface area (Å²) in [6.45, 7) is 0.424. The number of thioether (sulfide) groups is 1. The lowest BCUT2D eigenvalue weighted by atomic mass is 10.1. The summed E-state index contributed by atoms with van der Waals surface area (Å²) in [5, 5.41) is 12.0. The van der Waals surface area contributed by atoms with Crippen LogP contribution in [0.1, 0.15) is 21.7 Å². The van der Waals surface area contributed by atoms with Gasteiger partial charge < -0.3 is 14.8 Å². The first kappa shape index (κ1) is 24.7. The van der Waals surface area contributed by atoms with Gasteiger partial charge in [0.1, 0.15) is 0 Å². The molecule has 0 fully saturated rings. The van der Waals surface area contributed by atoms with Crippen LogP contribution >= 0.6 is 27.7 Å². The molecule has 0 aliphatic heterocycles. The number of hydrogen-bond donors (Lipinski definition) is 1. The molecule has 1 amide bonds. The fraction of sp³-hybridized carbons (Fsp3) is 0.208. The highest BCUT2D eigenvalue weighted by Crippen LogP contribution is 2.28. The number of methoxy groups -OCH3 is 2. The van der Waals surface area contributed by atoms with E-state index in [-0.39, 0.29) is 11.6 Å². The third-order valence-electron chi connectivity index (χ3n) is 5.08. The molecule has 9 nitrogen and oxygen atoms in total. The highest BCUT2D eigenvalue weighted by Gasteiger charge is 2.21. The molecule has 0 bridgehead atoms. The van der Waals surface area contributed by atoms with E-state index in [1.54, 1.807) is 37.4 Å². The van der Waals surface area contributed by atoms with E-state index in [0.29, 0.717) is 41.1 Å². The minimum atomic E-state index is -0.293. The summed E-state index contributed by atoms with van der Waals surface area (Å²) in [7, 11) is 3.19. The molecule has 0 radical (unpaired) electrons. The van der Waals surface area contributed by atoms with Gasteiger partial charge in [0.2, 0.25) is 0 Å². The molecule has 11 heteroatoms. The van der Waals surface area contributed by atoms with Crippen molar-refractivity contribution in [2.75, 3.05) is 20.8 Å². The first-order valence-electron chi connectivity index (χ1n) is 10.7. The fourth-order valence-electron chi connectivity index (χ4n) is 3.33. The van der Waals surface area contributed by atoms with Crippen LogP contribution in [0.5, 0.6) is 11.5 Å². The second-order valence-corrected chi connectivity index (χ2v) is 9.15. The van der Waals surface area contributed by atoms with E-state index in [9.17, 15) is 4.79 Å². The molecule has 0 saturated heterocycles. The number of amides is 1. The van der Waals surface area contributed by atoms with E-state index in [1.807, 2.05) is 42.5 Å². The molecule has 180 valence electrons. The zero-order valence-corrected chi connectivity index (χ0v) is 21.5. The number of carbonyl (C=O) groups excluding carboxylic acids is 1. The van der Waals surface area contributed by atoms with E-state index in [4.69, 9.17) is 9.47 Å². The molecule has 2 aromatic heterocycles. The Labute approximate surface area is 215 Å². The molecule has 4 rings (SSSR count). The van der Waals surface area contributed by atoms with Crippen molar-refractivity contribution >= 4 is 33.6 Å². The third-order valence-corrected chi connectivity index (χ3v) is 6.49. The van der Waals surface area contributed by atoms with Gasteiger partial charge in [-0.1, -0.05) is 39.0 Å². The molecule has 0 spiro atoms. The van der Waals surface area contributed by atoms with Gasteiger partial charge in [0.15, 0.2) is 22.3 Å². The first-order chi connectivity index (χ1) is 17.1. The number of nitrogens with one attached hydrogen (secondary N) is 1. The van der Waals surface area contributed by atoms with Gasteiger partial charge in [-0.2, -0.15) is 0 Å². The van der Waals surface area contributed by atoms with Crippen LogP contribution < -0.4 is 14.8 Å². The molecule has 2 aromatic carbocycles. The van der Waals surface area contributed by atoms with Gasteiger partial charge in [-0.3, -0.25) is 4.79 Å². The molecule has 35 heavy (non-hydrogen) atoms. The Balaban J connectivity index is 1.50. The Morgan fingerprint density at radius 3 is 2.51 bits per heavy atom. The SMILES string of the molecule is COc1ccc(CCNC(=O)c2nnn(-c3ccc(Br)cc3)c2CSc2ncccn2)cc1OC. The number of carbonyl (C=O) groups is 1. The highest BCUT2D eigenvalue weighted by molar-refractivity contribution is 9.10. The maximum Gasteiger partial charge on any atom is 0.273 e. The van der Waals surface area contributed by atoms with Crippen molar-refractivity contribution in [2.45, 2.75) is 17.3 Å². The first-order valence-corrected chi connectivity index (χ1v) is 12.5. The van der Waals surface area contributed by atoms with Crippen LogP contribution in [-0.2, 0) is 12.2 Å². The van der Waals surface area contributed by atoms with Crippen LogP contribution in [0.4, 0.5) is 0 Å². The number of hydrogen-bond acceptors (Lipinski definition) is 8. The number of ether oxygens (including phenoxy) is 2. The molecule has 0 saturated carbocycles. The quantitative estimate of drug-likeness (QED) is 0.231. The maximum atomic E-state index is 13.1. The van der Waals surface area contributed by atoms with E-state index >= 15 is 0 Å². The molecule has 0 aliphatic rings. The lowest BCUT2D eigenvalue weighted by Gasteiger charge is -2.10. The van der Waals surface area contributed by atoms with Gasteiger partial charge in [0, 0.05) is 29.2 Å². The summed E-state index contributed by atoms with van der Waals surface area (Å²) in [6, 6.07) is 15.1. The highest BCUT2D eigenvalue weighted by atomic mass is 79.9. The summed E-state index contributed by atoms with van der Waals surface area (Å²) in [5.41, 5.74) is 2.74. The lowest BCUT2D eigenvalue weighted by molar-refractivity contribution is 0.0948. The van der Waals surface area contributed by atoms with Crippen molar-refractivity contribution in [1.29, 1.82) is 0 Å². The monoisotopic (exact) mass is 554 g/mol. The minimum Gasteiger partial charge on any atom is -0.493 e. The number of benzene rings is 2. The van der Waals surface area contributed by atoms with Gasteiger partial charge >= 0.3 is 0 Å². The van der Waals surface area contributed by atoms with Crippen molar-refractivity contribution in [3.8, 4) is 17.2 Å². The van der Waals surface area contributed by atoms with Crippen LogP contribution in [0.25, 0.3) is 5.69 Å². The normalized spacial score (nSPS) is 10.7. The Morgan fingerprint density at radius 1 is 1.06 bits per heavy atom. The second kappa shape index (κ2) is 11.8. The summed E-state index contributed by atoms with van der Waals surface area (Å²) >= 11 is 4.86. The topological polar surface area (TPSA) is 104 Å². The van der Waals surface area contributed by atoms with E-state index in [0.717, 1.165) is 15.7 Å². The smallest absolute Gasteiger partial charge is 0.273 e. The minimum absolute atomic E-state index is 0.267. The number of aromatic nitrogens is 5. The molecule has 0 unspecified atom stereocenters. The van der Waals surface area contributed by atoms with Gasteiger partial charge in [-0.15, -0.1) is 5.10 Å². The zero-order valence-electron chi connectivity index (χ0n) is 19.1. The Morgan fingerprint density at radius 2 is 1.80 bits per heavy atom. The van der Waals surface area contributed by atoms with Gasteiger partial charge in [-0.05, 0) is 54.4 Å². The van der Waals surface area contributed by atoms with Gasteiger partial charge in [-0.25, -0.2) is 14.6 Å². The Hall–Kier alpha value is -3.44. The average Bonchev–Trinajstić information content (AvgIpc) is 3.32. The molecule has 0 atom stereocenters. The summed E-state index contributed by atoms with van der Waals surface area (Å²) in [6.07, 6.45) is 3.98. The van der Waals surface area contributed by atoms with Crippen LogP contribution in [0.3, 0.4) is 0 Å². The number of halogens is 1.